The normalized spacial score (nSPS) is 15.3. The number of guanidine groups is 1. The molecule has 25 heavy (non-hydrogen) atoms. The second kappa shape index (κ2) is 11.1. The van der Waals surface area contributed by atoms with Crippen molar-refractivity contribution < 1.29 is 9.53 Å². The number of carbonyl (C=O) groups is 1. The van der Waals surface area contributed by atoms with E-state index in [1.807, 2.05) is 12.1 Å². The Morgan fingerprint density at radius 2 is 2.16 bits per heavy atom. The number of nitrogens with one attached hydrogen (secondary N) is 2. The quantitative estimate of drug-likeness (QED) is 0.396. The van der Waals surface area contributed by atoms with Crippen molar-refractivity contribution in [2.24, 2.45) is 10.9 Å². The van der Waals surface area contributed by atoms with Crippen LogP contribution in [0.1, 0.15) is 24.8 Å². The lowest BCUT2D eigenvalue weighted by molar-refractivity contribution is -0.121. The van der Waals surface area contributed by atoms with E-state index in [1.54, 1.807) is 27.4 Å². The lowest BCUT2D eigenvalue weighted by Gasteiger charge is -2.34. The first-order chi connectivity index (χ1) is 11.7. The molecule has 1 fully saturated rings. The van der Waals surface area contributed by atoms with Crippen molar-refractivity contribution in [3.8, 4) is 5.88 Å². The van der Waals surface area contributed by atoms with Gasteiger partial charge in [0.1, 0.15) is 0 Å². The minimum atomic E-state index is 0. The molecule has 0 radical (unpaired) electrons. The molecule has 1 amide bonds. The van der Waals surface area contributed by atoms with Crippen LogP contribution in [0.3, 0.4) is 0 Å². The highest BCUT2D eigenvalue weighted by molar-refractivity contribution is 14.0. The fraction of sp³-hybridized carbons (Fsp3) is 0.588. The molecular formula is C17H28IN5O2. The van der Waals surface area contributed by atoms with Gasteiger partial charge in [-0.3, -0.25) is 9.79 Å². The van der Waals surface area contributed by atoms with E-state index in [-0.39, 0.29) is 29.9 Å². The van der Waals surface area contributed by atoms with Crippen LogP contribution in [0.15, 0.2) is 23.3 Å². The molecule has 0 bridgehead atoms. The second-order valence-electron chi connectivity index (χ2n) is 5.91. The van der Waals surface area contributed by atoms with E-state index < -0.39 is 0 Å². The van der Waals surface area contributed by atoms with Gasteiger partial charge in [-0.25, -0.2) is 4.98 Å². The summed E-state index contributed by atoms with van der Waals surface area (Å²) in [7, 11) is 5.10. The standard InChI is InChI=1S/C17H27N5O2.HI/c1-18-15(23)10-13-5-8-22(9-6-13)17(19-2)21-12-14-4-7-20-16(11-14)24-3;/h4,7,11,13H,5-6,8-10,12H2,1-3H3,(H,18,23)(H,19,21);1H. The number of halogens is 1. The first kappa shape index (κ1) is 21.5. The summed E-state index contributed by atoms with van der Waals surface area (Å²) in [6.07, 6.45) is 4.38. The summed E-state index contributed by atoms with van der Waals surface area (Å²) >= 11 is 0. The topological polar surface area (TPSA) is 78.9 Å². The number of aliphatic imine (C=N–C) groups is 1. The molecule has 1 aromatic heterocycles. The monoisotopic (exact) mass is 461 g/mol. The molecule has 0 aromatic carbocycles. The number of rotatable bonds is 5. The van der Waals surface area contributed by atoms with Gasteiger partial charge in [0.2, 0.25) is 11.8 Å². The van der Waals surface area contributed by atoms with Crippen LogP contribution in [0.5, 0.6) is 5.88 Å². The zero-order valence-electron chi connectivity index (χ0n) is 15.1. The maximum Gasteiger partial charge on any atom is 0.220 e. The van der Waals surface area contributed by atoms with E-state index in [0.717, 1.165) is 37.5 Å². The molecule has 7 nitrogen and oxygen atoms in total. The predicted octanol–water partition coefficient (Wildman–Crippen LogP) is 1.63. The van der Waals surface area contributed by atoms with Crippen LogP contribution in [0.4, 0.5) is 0 Å². The number of methoxy groups -OCH3 is 1. The fourth-order valence-corrected chi connectivity index (χ4v) is 2.90. The number of hydrogen-bond donors (Lipinski definition) is 2. The van der Waals surface area contributed by atoms with Gasteiger partial charge in [0, 0.05) is 52.4 Å². The van der Waals surface area contributed by atoms with E-state index >= 15 is 0 Å². The van der Waals surface area contributed by atoms with Gasteiger partial charge in [-0.1, -0.05) is 0 Å². The van der Waals surface area contributed by atoms with Gasteiger partial charge >= 0.3 is 0 Å². The number of hydrogen-bond acceptors (Lipinski definition) is 4. The molecule has 0 spiro atoms. The number of ether oxygens (including phenoxy) is 1. The zero-order valence-corrected chi connectivity index (χ0v) is 17.4. The highest BCUT2D eigenvalue weighted by Gasteiger charge is 2.22. The van der Waals surface area contributed by atoms with Crippen molar-refractivity contribution in [1.82, 2.24) is 20.5 Å². The van der Waals surface area contributed by atoms with Crippen LogP contribution >= 0.6 is 24.0 Å². The van der Waals surface area contributed by atoms with Crippen LogP contribution < -0.4 is 15.4 Å². The lowest BCUT2D eigenvalue weighted by Crippen LogP contribution is -2.45. The number of amides is 1. The number of pyridine rings is 1. The van der Waals surface area contributed by atoms with Crippen LogP contribution in [-0.2, 0) is 11.3 Å². The number of piperidine rings is 1. The van der Waals surface area contributed by atoms with Crippen molar-refractivity contribution in [3.63, 3.8) is 0 Å². The minimum Gasteiger partial charge on any atom is -0.481 e. The number of carbonyl (C=O) groups excluding carboxylic acids is 1. The minimum absolute atomic E-state index is 0. The molecule has 2 heterocycles. The zero-order chi connectivity index (χ0) is 17.4. The average molecular weight is 461 g/mol. The third kappa shape index (κ3) is 6.68. The second-order valence-corrected chi connectivity index (χ2v) is 5.91. The predicted molar refractivity (Wildman–Crippen MR) is 109 cm³/mol. The Balaban J connectivity index is 0.00000312. The Morgan fingerprint density at radius 1 is 1.44 bits per heavy atom. The van der Waals surface area contributed by atoms with Crippen LogP contribution in [0, 0.1) is 5.92 Å². The van der Waals surface area contributed by atoms with Gasteiger partial charge < -0.3 is 20.3 Å². The molecule has 1 aliphatic rings. The summed E-state index contributed by atoms with van der Waals surface area (Å²) in [5.41, 5.74) is 1.09. The third-order valence-corrected chi connectivity index (χ3v) is 4.34. The molecule has 2 N–H and O–H groups in total. The Kier molecular flexibility index (Phi) is 9.54. The first-order valence-corrected chi connectivity index (χ1v) is 8.31. The van der Waals surface area contributed by atoms with E-state index in [0.29, 0.717) is 24.8 Å². The van der Waals surface area contributed by atoms with Gasteiger partial charge in [-0.05, 0) is 30.4 Å². The average Bonchev–Trinajstić information content (AvgIpc) is 2.63. The van der Waals surface area contributed by atoms with Gasteiger partial charge in [0.25, 0.3) is 0 Å². The molecule has 0 atom stereocenters. The van der Waals surface area contributed by atoms with Crippen molar-refractivity contribution >= 4 is 35.8 Å². The highest BCUT2D eigenvalue weighted by Crippen LogP contribution is 2.20. The molecule has 140 valence electrons. The summed E-state index contributed by atoms with van der Waals surface area (Å²) in [6, 6.07) is 3.87. The van der Waals surface area contributed by atoms with Gasteiger partial charge in [-0.15, -0.1) is 24.0 Å². The van der Waals surface area contributed by atoms with Gasteiger partial charge in [0.15, 0.2) is 5.96 Å². The van der Waals surface area contributed by atoms with E-state index in [9.17, 15) is 4.79 Å². The highest BCUT2D eigenvalue weighted by atomic mass is 127. The maximum absolute atomic E-state index is 11.5. The Bertz CT molecular complexity index is 574. The van der Waals surface area contributed by atoms with Crippen LogP contribution in [-0.4, -0.2) is 56.0 Å². The SMILES string of the molecule is CN=C(NCc1ccnc(OC)c1)N1CCC(CC(=O)NC)CC1.I. The third-order valence-electron chi connectivity index (χ3n) is 4.34. The molecule has 0 saturated carbocycles. The molecule has 1 aromatic rings. The largest absolute Gasteiger partial charge is 0.481 e. The van der Waals surface area contributed by atoms with Gasteiger partial charge in [0.05, 0.1) is 7.11 Å². The smallest absolute Gasteiger partial charge is 0.220 e. The number of aromatic nitrogens is 1. The Hall–Kier alpha value is -1.58. The van der Waals surface area contributed by atoms with Crippen molar-refractivity contribution in [1.29, 1.82) is 0 Å². The number of nitrogens with zero attached hydrogens (tertiary/aromatic N) is 3. The maximum atomic E-state index is 11.5. The van der Waals surface area contributed by atoms with E-state index in [1.165, 1.54) is 0 Å². The first-order valence-electron chi connectivity index (χ1n) is 8.31. The lowest BCUT2D eigenvalue weighted by atomic mass is 9.93. The Labute approximate surface area is 166 Å². The molecule has 1 saturated heterocycles. The molecule has 0 unspecified atom stereocenters. The van der Waals surface area contributed by atoms with E-state index in [4.69, 9.17) is 4.74 Å². The molecule has 8 heteroatoms. The Morgan fingerprint density at radius 3 is 2.76 bits per heavy atom. The van der Waals surface area contributed by atoms with Crippen LogP contribution in [0.25, 0.3) is 0 Å². The summed E-state index contributed by atoms with van der Waals surface area (Å²) in [5.74, 6) is 2.09. The summed E-state index contributed by atoms with van der Waals surface area (Å²) in [5, 5.41) is 6.09. The van der Waals surface area contributed by atoms with Gasteiger partial charge in [-0.2, -0.15) is 0 Å². The van der Waals surface area contributed by atoms with Crippen molar-refractivity contribution in [3.05, 3.63) is 23.9 Å². The van der Waals surface area contributed by atoms with Crippen molar-refractivity contribution in [2.45, 2.75) is 25.8 Å². The number of likely N-dealkylation sites (tertiary alicyclic amines) is 1. The molecular weight excluding hydrogens is 433 g/mol. The summed E-state index contributed by atoms with van der Waals surface area (Å²) in [4.78, 5) is 22.2. The van der Waals surface area contributed by atoms with E-state index in [2.05, 4.69) is 25.5 Å². The molecule has 2 rings (SSSR count). The summed E-state index contributed by atoms with van der Waals surface area (Å²) in [6.45, 7) is 2.51. The fourth-order valence-electron chi connectivity index (χ4n) is 2.90. The van der Waals surface area contributed by atoms with Crippen LogP contribution in [0.2, 0.25) is 0 Å². The molecule has 1 aliphatic heterocycles. The summed E-state index contributed by atoms with van der Waals surface area (Å²) < 4.78 is 5.14. The van der Waals surface area contributed by atoms with Crippen molar-refractivity contribution in [2.75, 3.05) is 34.3 Å². The molecule has 0 aliphatic carbocycles.